The minimum absolute atomic E-state index is 0.0394. The molecule has 0 spiro atoms. The van der Waals surface area contributed by atoms with Crippen LogP contribution < -0.4 is 0 Å². The van der Waals surface area contributed by atoms with Crippen molar-refractivity contribution in [3.8, 4) is 0 Å². The Kier molecular flexibility index (Phi) is 11.2. The van der Waals surface area contributed by atoms with Crippen molar-refractivity contribution in [2.75, 3.05) is 19.1 Å². The van der Waals surface area contributed by atoms with Gasteiger partial charge in [-0.1, -0.05) is 34.8 Å². The molecule has 0 aliphatic carbocycles. The van der Waals surface area contributed by atoms with Crippen LogP contribution in [-0.4, -0.2) is 33.1 Å². The maximum absolute atomic E-state index is 7.62. The molecule has 0 aliphatic heterocycles. The summed E-state index contributed by atoms with van der Waals surface area (Å²) in [5, 5.41) is 15.2. The van der Waals surface area contributed by atoms with E-state index >= 15 is 0 Å². The van der Waals surface area contributed by atoms with Crippen LogP contribution in [-0.2, 0) is 0 Å². The van der Waals surface area contributed by atoms with Crippen LogP contribution in [0.15, 0.2) is 0 Å². The Balaban J connectivity index is 0. The fraction of sp³-hybridized carbons (Fsp3) is 1.00. The summed E-state index contributed by atoms with van der Waals surface area (Å²) in [6.45, 7) is -0.250. The molecular weight excluding hydrogens is 222 g/mol. The molecule has 0 aromatic carbocycles. The van der Waals surface area contributed by atoms with Crippen LogP contribution in [0.5, 0.6) is 0 Å². The number of halogens is 4. The van der Waals surface area contributed by atoms with Gasteiger partial charge in [0.05, 0.1) is 19.1 Å². The van der Waals surface area contributed by atoms with E-state index in [-0.39, 0.29) is 19.1 Å². The molecule has 6 heteroatoms. The summed E-state index contributed by atoms with van der Waals surface area (Å²) in [6.07, 6.45) is 0. The van der Waals surface area contributed by atoms with Crippen molar-refractivity contribution in [2.45, 2.75) is 3.79 Å². The van der Waals surface area contributed by atoms with Gasteiger partial charge in [-0.15, -0.1) is 11.6 Å². The summed E-state index contributed by atoms with van der Waals surface area (Å²) in [4.78, 5) is 0. The fourth-order valence-corrected chi connectivity index (χ4v) is 0. The maximum Gasteiger partial charge on any atom is 0.203 e. The van der Waals surface area contributed by atoms with Gasteiger partial charge in [0.15, 0.2) is 0 Å². The predicted octanol–water partition coefficient (Wildman–Crippen LogP) is 1.57. The Morgan fingerprint density at radius 1 is 1.00 bits per heavy atom. The Morgan fingerprint density at radius 3 is 1.20 bits per heavy atom. The minimum atomic E-state index is -1.28. The zero-order chi connectivity index (χ0) is 8.62. The number of aliphatic hydroxyl groups excluding tert-OH is 2. The summed E-state index contributed by atoms with van der Waals surface area (Å²) in [5.41, 5.74) is 0. The van der Waals surface area contributed by atoms with Gasteiger partial charge in [0, 0.05) is 0 Å². The quantitative estimate of drug-likeness (QED) is 0.671. The molecule has 0 fully saturated rings. The highest BCUT2D eigenvalue weighted by atomic mass is 35.6. The molecule has 2 N–H and O–H groups in total. The molecule has 0 aromatic heterocycles. The van der Waals surface area contributed by atoms with Gasteiger partial charge in [0.25, 0.3) is 0 Å². The van der Waals surface area contributed by atoms with Crippen LogP contribution in [0.4, 0.5) is 0 Å². The van der Waals surface area contributed by atoms with E-state index in [9.17, 15) is 0 Å². The van der Waals surface area contributed by atoms with Gasteiger partial charge in [-0.3, -0.25) is 0 Å². The van der Waals surface area contributed by atoms with Crippen molar-refractivity contribution in [1.29, 1.82) is 0 Å². The Labute approximate surface area is 79.6 Å². The molecule has 0 amide bonds. The largest absolute Gasteiger partial charge is 0.394 e. The van der Waals surface area contributed by atoms with Crippen molar-refractivity contribution in [1.82, 2.24) is 0 Å². The zero-order valence-electron chi connectivity index (χ0n) is 5.03. The van der Waals surface area contributed by atoms with E-state index in [0.29, 0.717) is 0 Å². The molecule has 0 aromatic rings. The molecule has 0 rings (SSSR count). The van der Waals surface area contributed by atoms with Crippen LogP contribution in [0.25, 0.3) is 0 Å². The van der Waals surface area contributed by atoms with Gasteiger partial charge >= 0.3 is 0 Å². The maximum atomic E-state index is 7.62. The second-order valence-corrected chi connectivity index (χ2v) is 3.98. The first-order valence-corrected chi connectivity index (χ1v) is 3.99. The molecule has 0 heterocycles. The number of alkyl halides is 4. The standard InChI is InChI=1S/C2H2Cl4.C2H6O2/c3-1-2(4,5)6;3-1-2-4/h1H2;3-4H,1-2H2. The van der Waals surface area contributed by atoms with Gasteiger partial charge < -0.3 is 10.2 Å². The van der Waals surface area contributed by atoms with Gasteiger partial charge in [0.1, 0.15) is 0 Å². The molecular formula is C4H8Cl4O2. The summed E-state index contributed by atoms with van der Waals surface area (Å²) in [6, 6.07) is 0. The summed E-state index contributed by atoms with van der Waals surface area (Å²) < 4.78 is -1.28. The molecule has 0 radical (unpaired) electrons. The summed E-state index contributed by atoms with van der Waals surface area (Å²) >= 11 is 20.4. The molecule has 0 unspecified atom stereocenters. The predicted molar refractivity (Wildman–Crippen MR) is 45.2 cm³/mol. The first kappa shape index (κ1) is 13.7. The lowest BCUT2D eigenvalue weighted by Gasteiger charge is -2.00. The number of hydrogen-bond donors (Lipinski definition) is 2. The number of aliphatic hydroxyl groups is 2. The zero-order valence-corrected chi connectivity index (χ0v) is 8.05. The van der Waals surface area contributed by atoms with Gasteiger partial charge in [-0.05, 0) is 0 Å². The topological polar surface area (TPSA) is 40.5 Å². The third-order valence-electron chi connectivity index (χ3n) is 0.252. The van der Waals surface area contributed by atoms with Crippen molar-refractivity contribution < 1.29 is 10.2 Å². The summed E-state index contributed by atoms with van der Waals surface area (Å²) in [5.74, 6) is 0.0394. The van der Waals surface area contributed by atoms with Crippen molar-refractivity contribution in [3.05, 3.63) is 0 Å². The van der Waals surface area contributed by atoms with Gasteiger partial charge in [-0.2, -0.15) is 0 Å². The molecule has 0 saturated heterocycles. The average molecular weight is 230 g/mol. The molecule has 10 heavy (non-hydrogen) atoms. The Hall–Kier alpha value is 1.08. The van der Waals surface area contributed by atoms with Crippen molar-refractivity contribution in [3.63, 3.8) is 0 Å². The van der Waals surface area contributed by atoms with Crippen LogP contribution in [0, 0.1) is 0 Å². The van der Waals surface area contributed by atoms with Crippen LogP contribution in [0.2, 0.25) is 0 Å². The van der Waals surface area contributed by atoms with Crippen molar-refractivity contribution in [2.24, 2.45) is 0 Å². The van der Waals surface area contributed by atoms with Gasteiger partial charge in [-0.25, -0.2) is 0 Å². The smallest absolute Gasteiger partial charge is 0.203 e. The first-order chi connectivity index (χ1) is 4.47. The molecule has 64 valence electrons. The van der Waals surface area contributed by atoms with Crippen LogP contribution in [0.3, 0.4) is 0 Å². The Morgan fingerprint density at radius 2 is 1.20 bits per heavy atom. The second kappa shape index (κ2) is 8.18. The highest BCUT2D eigenvalue weighted by molar-refractivity contribution is 6.69. The molecule has 0 aliphatic rings. The lowest BCUT2D eigenvalue weighted by atomic mass is 10.8. The van der Waals surface area contributed by atoms with E-state index in [1.165, 1.54) is 0 Å². The Bertz CT molecular complexity index is 60.8. The number of rotatable bonds is 1. The first-order valence-electron chi connectivity index (χ1n) is 2.32. The van der Waals surface area contributed by atoms with E-state index in [1.807, 2.05) is 0 Å². The highest BCUT2D eigenvalue weighted by Crippen LogP contribution is 2.26. The third-order valence-corrected chi connectivity index (χ3v) is 1.46. The van der Waals surface area contributed by atoms with E-state index in [2.05, 4.69) is 0 Å². The minimum Gasteiger partial charge on any atom is -0.394 e. The third kappa shape index (κ3) is 23.0. The van der Waals surface area contributed by atoms with E-state index in [1.54, 1.807) is 0 Å². The number of hydrogen-bond acceptors (Lipinski definition) is 2. The fourth-order valence-electron chi connectivity index (χ4n) is 0. The SMILES string of the molecule is ClCC(Cl)(Cl)Cl.OCCO. The molecule has 0 bridgehead atoms. The summed E-state index contributed by atoms with van der Waals surface area (Å²) in [7, 11) is 0. The van der Waals surface area contributed by atoms with E-state index in [4.69, 9.17) is 56.6 Å². The molecule has 0 atom stereocenters. The average Bonchev–Trinajstić information content (AvgIpc) is 1.87. The molecule has 2 nitrogen and oxygen atoms in total. The van der Waals surface area contributed by atoms with Crippen LogP contribution >= 0.6 is 46.4 Å². The van der Waals surface area contributed by atoms with Crippen molar-refractivity contribution >= 4 is 46.4 Å². The van der Waals surface area contributed by atoms with Gasteiger partial charge in [0.2, 0.25) is 3.79 Å². The lowest BCUT2D eigenvalue weighted by Crippen LogP contribution is -2.01. The highest BCUT2D eigenvalue weighted by Gasteiger charge is 2.16. The van der Waals surface area contributed by atoms with E-state index in [0.717, 1.165) is 0 Å². The van der Waals surface area contributed by atoms with Crippen LogP contribution in [0.1, 0.15) is 0 Å². The normalized spacial score (nSPS) is 10.2. The molecule has 0 saturated carbocycles. The second-order valence-electron chi connectivity index (χ2n) is 1.20. The lowest BCUT2D eigenvalue weighted by molar-refractivity contribution is 0.186. The monoisotopic (exact) mass is 228 g/mol. The van der Waals surface area contributed by atoms with E-state index < -0.39 is 3.79 Å².